The van der Waals surface area contributed by atoms with Gasteiger partial charge >= 0.3 is 0 Å². The van der Waals surface area contributed by atoms with E-state index in [9.17, 15) is 4.79 Å². The van der Waals surface area contributed by atoms with Gasteiger partial charge in [-0.2, -0.15) is 0 Å². The number of methoxy groups -OCH3 is 3. The highest BCUT2D eigenvalue weighted by Gasteiger charge is 2.27. The van der Waals surface area contributed by atoms with Gasteiger partial charge in [0, 0.05) is 17.6 Å². The zero-order valence-electron chi connectivity index (χ0n) is 15.5. The summed E-state index contributed by atoms with van der Waals surface area (Å²) >= 11 is 0. The smallest absolute Gasteiger partial charge is 0.203 e. The number of hydrogen-bond acceptors (Lipinski definition) is 6. The third-order valence-corrected chi connectivity index (χ3v) is 4.72. The number of rotatable bonds is 4. The fourth-order valence-electron chi connectivity index (χ4n) is 3.43. The predicted molar refractivity (Wildman–Crippen MR) is 99.5 cm³/mol. The molecule has 0 aromatic heterocycles. The van der Waals surface area contributed by atoms with Crippen molar-refractivity contribution in [2.45, 2.75) is 6.42 Å². The van der Waals surface area contributed by atoms with Gasteiger partial charge in [0.15, 0.2) is 28.8 Å². The van der Waals surface area contributed by atoms with Crippen molar-refractivity contribution in [3.05, 3.63) is 46.5 Å². The maximum absolute atomic E-state index is 12.9. The van der Waals surface area contributed by atoms with Crippen molar-refractivity contribution in [2.75, 3.05) is 34.5 Å². The van der Waals surface area contributed by atoms with E-state index in [2.05, 4.69) is 0 Å². The van der Waals surface area contributed by atoms with Crippen LogP contribution in [0.4, 0.5) is 0 Å². The van der Waals surface area contributed by atoms with Crippen LogP contribution < -0.4 is 23.7 Å². The molecular weight excluding hydrogens is 348 g/mol. The molecule has 1 heterocycles. The largest absolute Gasteiger partial charge is 0.493 e. The molecule has 2 aromatic rings. The van der Waals surface area contributed by atoms with Gasteiger partial charge in [0.25, 0.3) is 0 Å². The minimum absolute atomic E-state index is 0.0141. The lowest BCUT2D eigenvalue weighted by molar-refractivity contribution is 0.104. The van der Waals surface area contributed by atoms with Crippen LogP contribution in [-0.4, -0.2) is 40.3 Å². The number of benzene rings is 2. The molecule has 0 unspecified atom stereocenters. The van der Waals surface area contributed by atoms with Crippen LogP contribution in [0.3, 0.4) is 0 Å². The third kappa shape index (κ3) is 2.97. The molecule has 27 heavy (non-hydrogen) atoms. The molecule has 6 heteroatoms. The van der Waals surface area contributed by atoms with Crippen molar-refractivity contribution in [1.82, 2.24) is 0 Å². The number of ether oxygens (including phenoxy) is 5. The van der Waals surface area contributed by atoms with E-state index in [4.69, 9.17) is 23.7 Å². The van der Waals surface area contributed by atoms with Gasteiger partial charge < -0.3 is 23.7 Å². The Morgan fingerprint density at radius 2 is 1.59 bits per heavy atom. The van der Waals surface area contributed by atoms with Crippen LogP contribution in [-0.2, 0) is 6.42 Å². The van der Waals surface area contributed by atoms with Crippen molar-refractivity contribution >= 4 is 11.9 Å². The average Bonchev–Trinajstić information content (AvgIpc) is 3.00. The molecule has 0 saturated carbocycles. The van der Waals surface area contributed by atoms with Crippen LogP contribution in [0.1, 0.15) is 21.5 Å². The van der Waals surface area contributed by atoms with Crippen molar-refractivity contribution in [2.24, 2.45) is 0 Å². The summed E-state index contributed by atoms with van der Waals surface area (Å²) in [5.74, 6) is 2.96. The molecule has 4 rings (SSSR count). The summed E-state index contributed by atoms with van der Waals surface area (Å²) in [5.41, 5.74) is 3.09. The van der Waals surface area contributed by atoms with Gasteiger partial charge in [-0.1, -0.05) is 0 Å². The first kappa shape index (κ1) is 17.3. The van der Waals surface area contributed by atoms with Gasteiger partial charge in [0.05, 0.1) is 21.3 Å². The highest BCUT2D eigenvalue weighted by Crippen LogP contribution is 2.42. The van der Waals surface area contributed by atoms with E-state index in [1.165, 1.54) is 0 Å². The van der Waals surface area contributed by atoms with E-state index in [-0.39, 0.29) is 5.78 Å². The predicted octanol–water partition coefficient (Wildman–Crippen LogP) is 3.31. The number of ketones is 1. The Hall–Kier alpha value is -3.15. The zero-order chi connectivity index (χ0) is 19.0. The van der Waals surface area contributed by atoms with E-state index >= 15 is 0 Å². The summed E-state index contributed by atoms with van der Waals surface area (Å²) in [5, 5.41) is 0. The number of allylic oxidation sites excluding steroid dienone is 1. The molecule has 1 aliphatic carbocycles. The zero-order valence-corrected chi connectivity index (χ0v) is 15.5. The topological polar surface area (TPSA) is 63.2 Å². The number of Topliss-reactive ketones (excluding diaryl/α,β-unsaturated/α-hetero) is 1. The van der Waals surface area contributed by atoms with Gasteiger partial charge in [-0.05, 0) is 41.5 Å². The lowest BCUT2D eigenvalue weighted by Gasteiger charge is -2.21. The van der Waals surface area contributed by atoms with Crippen molar-refractivity contribution < 1.29 is 28.5 Å². The molecule has 2 aromatic carbocycles. The first-order valence-corrected chi connectivity index (χ1v) is 8.62. The van der Waals surface area contributed by atoms with Gasteiger partial charge in [-0.25, -0.2) is 0 Å². The first-order valence-electron chi connectivity index (χ1n) is 8.62. The Morgan fingerprint density at radius 3 is 2.33 bits per heavy atom. The monoisotopic (exact) mass is 368 g/mol. The summed E-state index contributed by atoms with van der Waals surface area (Å²) < 4.78 is 27.4. The number of carbonyl (C=O) groups excluding carboxylic acids is 1. The average molecular weight is 368 g/mol. The Bertz CT molecular complexity index is 927. The van der Waals surface area contributed by atoms with E-state index < -0.39 is 0 Å². The highest BCUT2D eigenvalue weighted by atomic mass is 16.6. The van der Waals surface area contributed by atoms with Crippen molar-refractivity contribution in [1.29, 1.82) is 0 Å². The maximum atomic E-state index is 12.9. The molecule has 0 spiro atoms. The van der Waals surface area contributed by atoms with E-state index in [1.54, 1.807) is 27.4 Å². The molecule has 0 bridgehead atoms. The highest BCUT2D eigenvalue weighted by molar-refractivity contribution is 6.16. The van der Waals surface area contributed by atoms with Gasteiger partial charge in [0.2, 0.25) is 5.75 Å². The Morgan fingerprint density at radius 1 is 0.889 bits per heavy atom. The van der Waals surface area contributed by atoms with Crippen LogP contribution in [0.5, 0.6) is 28.7 Å². The van der Waals surface area contributed by atoms with Gasteiger partial charge in [0.1, 0.15) is 13.2 Å². The minimum atomic E-state index is -0.0141. The Labute approximate surface area is 157 Å². The van der Waals surface area contributed by atoms with Crippen molar-refractivity contribution in [3.63, 3.8) is 0 Å². The van der Waals surface area contributed by atoms with Crippen LogP contribution in [0, 0.1) is 0 Å². The van der Waals surface area contributed by atoms with E-state index in [0.29, 0.717) is 59.5 Å². The molecule has 2 aliphatic rings. The molecule has 0 fully saturated rings. The van der Waals surface area contributed by atoms with Crippen LogP contribution in [0.2, 0.25) is 0 Å². The fraction of sp³-hybridized carbons (Fsp3) is 0.286. The number of carbonyl (C=O) groups is 1. The fourth-order valence-corrected chi connectivity index (χ4v) is 3.43. The molecule has 0 radical (unpaired) electrons. The minimum Gasteiger partial charge on any atom is -0.493 e. The molecule has 0 saturated heterocycles. The summed E-state index contributed by atoms with van der Waals surface area (Å²) in [6, 6.07) is 7.30. The van der Waals surface area contributed by atoms with Crippen LogP contribution >= 0.6 is 0 Å². The standard InChI is InChI=1S/C21H20O6/c1-23-16-10-13-9-14(20(22)15(13)11-17(16)24-2)6-12-7-18(25-3)21-19(8-12)26-4-5-27-21/h6-8,10-11H,4-5,9H2,1-3H3. The quantitative estimate of drug-likeness (QED) is 0.772. The van der Waals surface area contributed by atoms with E-state index in [1.807, 2.05) is 24.3 Å². The Kier molecular flexibility index (Phi) is 4.39. The van der Waals surface area contributed by atoms with Crippen LogP contribution in [0.25, 0.3) is 6.08 Å². The molecule has 0 amide bonds. The third-order valence-electron chi connectivity index (χ3n) is 4.72. The second-order valence-corrected chi connectivity index (χ2v) is 6.29. The lowest BCUT2D eigenvalue weighted by atomic mass is 10.1. The molecule has 0 atom stereocenters. The summed E-state index contributed by atoms with van der Waals surface area (Å²) in [7, 11) is 4.72. The Balaban J connectivity index is 1.72. The van der Waals surface area contributed by atoms with E-state index in [0.717, 1.165) is 11.1 Å². The summed E-state index contributed by atoms with van der Waals surface area (Å²) in [6.07, 6.45) is 2.40. The maximum Gasteiger partial charge on any atom is 0.203 e. The second-order valence-electron chi connectivity index (χ2n) is 6.29. The normalized spacial score (nSPS) is 16.3. The summed E-state index contributed by atoms with van der Waals surface area (Å²) in [4.78, 5) is 12.9. The number of fused-ring (bicyclic) bond motifs is 2. The second kappa shape index (κ2) is 6.87. The molecule has 140 valence electrons. The molecule has 1 aliphatic heterocycles. The first-order chi connectivity index (χ1) is 13.1. The SMILES string of the molecule is COc1cc2c(cc1OC)C(=O)C(=Cc1cc(OC)c3c(c1)OCCO3)C2. The van der Waals surface area contributed by atoms with Crippen molar-refractivity contribution in [3.8, 4) is 28.7 Å². The molecule has 6 nitrogen and oxygen atoms in total. The molecular formula is C21H20O6. The van der Waals surface area contributed by atoms with Gasteiger partial charge in [-0.3, -0.25) is 4.79 Å². The van der Waals surface area contributed by atoms with Crippen LogP contribution in [0.15, 0.2) is 29.8 Å². The molecule has 0 N–H and O–H groups in total. The lowest BCUT2D eigenvalue weighted by Crippen LogP contribution is -2.16. The van der Waals surface area contributed by atoms with Gasteiger partial charge in [-0.15, -0.1) is 0 Å². The number of hydrogen-bond donors (Lipinski definition) is 0. The summed E-state index contributed by atoms with van der Waals surface area (Å²) in [6.45, 7) is 0.974.